The number of rotatable bonds is 3. The van der Waals surface area contributed by atoms with Crippen LogP contribution in [0.1, 0.15) is 32.8 Å². The van der Waals surface area contributed by atoms with E-state index in [1.807, 2.05) is 12.1 Å². The molecule has 2 fully saturated rings. The van der Waals surface area contributed by atoms with Gasteiger partial charge in [0.25, 0.3) is 0 Å². The van der Waals surface area contributed by atoms with Crippen molar-refractivity contribution in [2.75, 3.05) is 11.9 Å². The van der Waals surface area contributed by atoms with Crippen molar-refractivity contribution >= 4 is 35.6 Å². The Labute approximate surface area is 149 Å². The van der Waals surface area contributed by atoms with E-state index in [0.717, 1.165) is 25.1 Å². The summed E-state index contributed by atoms with van der Waals surface area (Å²) in [5.41, 5.74) is 8.49. The molecule has 4 nitrogen and oxygen atoms in total. The maximum Gasteiger partial charge on any atom is 0.193 e. The van der Waals surface area contributed by atoms with E-state index in [-0.39, 0.29) is 35.4 Å². The fourth-order valence-electron chi connectivity index (χ4n) is 3.76. The predicted molar refractivity (Wildman–Crippen MR) is 102 cm³/mol. The molecule has 3 N–H and O–H groups in total. The van der Waals surface area contributed by atoms with E-state index in [2.05, 4.69) is 38.2 Å². The maximum absolute atomic E-state index is 6.11. The smallest absolute Gasteiger partial charge is 0.193 e. The largest absolute Gasteiger partial charge is 0.377 e. The van der Waals surface area contributed by atoms with Gasteiger partial charge in [0.2, 0.25) is 0 Å². The van der Waals surface area contributed by atoms with Crippen molar-refractivity contribution in [1.82, 2.24) is 0 Å². The van der Waals surface area contributed by atoms with Gasteiger partial charge in [0.05, 0.1) is 12.1 Å². The lowest BCUT2D eigenvalue weighted by Gasteiger charge is -2.52. The second kappa shape index (κ2) is 6.74. The lowest BCUT2D eigenvalue weighted by Crippen LogP contribution is -2.59. The Morgan fingerprint density at radius 1 is 1.45 bits per heavy atom. The summed E-state index contributed by atoms with van der Waals surface area (Å²) < 4.78 is 5.80. The van der Waals surface area contributed by atoms with Gasteiger partial charge in [-0.05, 0) is 30.5 Å². The molecule has 1 saturated heterocycles. The molecule has 1 saturated carbocycles. The number of hydrogen-bond donors (Lipinski definition) is 2. The van der Waals surface area contributed by atoms with Crippen LogP contribution in [0.2, 0.25) is 0 Å². The number of guanidine groups is 1. The van der Waals surface area contributed by atoms with Crippen LogP contribution in [0.5, 0.6) is 0 Å². The third kappa shape index (κ3) is 3.11. The van der Waals surface area contributed by atoms with E-state index < -0.39 is 0 Å². The van der Waals surface area contributed by atoms with E-state index in [9.17, 15) is 0 Å². The molecule has 2 aliphatic rings. The molecule has 1 heterocycles. The number of aliphatic imine (C=N–C) groups is 1. The summed E-state index contributed by atoms with van der Waals surface area (Å²) in [6.07, 6.45) is 2.46. The van der Waals surface area contributed by atoms with Crippen LogP contribution in [-0.2, 0) is 11.2 Å². The van der Waals surface area contributed by atoms with Crippen LogP contribution in [0.4, 0.5) is 5.69 Å². The molecule has 1 aromatic carbocycles. The van der Waals surface area contributed by atoms with Gasteiger partial charge in [0.1, 0.15) is 0 Å². The number of nitrogens with one attached hydrogen (secondary N) is 1. The molecule has 122 valence electrons. The number of benzene rings is 1. The number of fused-ring (bicyclic) bond motifs is 1. The molecule has 3 atom stereocenters. The molecule has 3 rings (SSSR count). The van der Waals surface area contributed by atoms with Crippen molar-refractivity contribution in [2.45, 2.75) is 45.8 Å². The molecule has 0 radical (unpaired) electrons. The van der Waals surface area contributed by atoms with E-state index in [4.69, 9.17) is 15.5 Å². The normalized spacial score (nSPS) is 29.2. The summed E-state index contributed by atoms with van der Waals surface area (Å²) in [4.78, 5) is 4.73. The van der Waals surface area contributed by atoms with Gasteiger partial charge in [-0.2, -0.15) is 0 Å². The molecule has 3 unspecified atom stereocenters. The van der Waals surface area contributed by atoms with Crippen LogP contribution < -0.4 is 11.1 Å². The number of hydrogen-bond acceptors (Lipinski definition) is 2. The number of aryl methyl sites for hydroxylation is 1. The van der Waals surface area contributed by atoms with Crippen molar-refractivity contribution in [3.05, 3.63) is 29.8 Å². The minimum atomic E-state index is 0. The first kappa shape index (κ1) is 17.5. The Bertz CT molecular complexity index is 559. The van der Waals surface area contributed by atoms with E-state index >= 15 is 0 Å². The fourth-order valence-corrected chi connectivity index (χ4v) is 3.76. The molecular formula is C17H26IN3O. The SMILES string of the molecule is CCc1cccc(NC(N)=NC2C3CCOC3C2(C)C)c1.I. The highest BCUT2D eigenvalue weighted by molar-refractivity contribution is 14.0. The summed E-state index contributed by atoms with van der Waals surface area (Å²) in [5, 5.41) is 3.22. The molecule has 0 bridgehead atoms. The maximum atomic E-state index is 6.11. The van der Waals surface area contributed by atoms with Crippen LogP contribution in [0.3, 0.4) is 0 Å². The minimum Gasteiger partial charge on any atom is -0.377 e. The topological polar surface area (TPSA) is 59.6 Å². The van der Waals surface area contributed by atoms with E-state index in [0.29, 0.717) is 18.0 Å². The quantitative estimate of drug-likeness (QED) is 0.452. The Kier molecular flexibility index (Phi) is 5.37. The van der Waals surface area contributed by atoms with Crippen molar-refractivity contribution < 1.29 is 4.74 Å². The fraction of sp³-hybridized carbons (Fsp3) is 0.588. The van der Waals surface area contributed by atoms with Crippen LogP contribution >= 0.6 is 24.0 Å². The Balaban J connectivity index is 0.00000176. The van der Waals surface area contributed by atoms with E-state index in [1.165, 1.54) is 5.56 Å². The molecular weight excluding hydrogens is 389 g/mol. The molecule has 0 aromatic heterocycles. The first-order valence-corrected chi connectivity index (χ1v) is 7.83. The third-order valence-electron chi connectivity index (χ3n) is 4.92. The number of ether oxygens (including phenoxy) is 1. The monoisotopic (exact) mass is 415 g/mol. The first-order valence-electron chi connectivity index (χ1n) is 7.83. The Morgan fingerprint density at radius 2 is 2.23 bits per heavy atom. The third-order valence-corrected chi connectivity index (χ3v) is 4.92. The van der Waals surface area contributed by atoms with Gasteiger partial charge in [-0.3, -0.25) is 0 Å². The van der Waals surface area contributed by atoms with Crippen molar-refractivity contribution in [1.29, 1.82) is 0 Å². The zero-order valence-corrected chi connectivity index (χ0v) is 15.8. The number of halogens is 1. The van der Waals surface area contributed by atoms with Gasteiger partial charge in [-0.15, -0.1) is 24.0 Å². The average molecular weight is 415 g/mol. The van der Waals surface area contributed by atoms with Crippen LogP contribution in [0, 0.1) is 11.3 Å². The summed E-state index contributed by atoms with van der Waals surface area (Å²) in [7, 11) is 0. The molecule has 5 heteroatoms. The summed E-state index contributed by atoms with van der Waals surface area (Å²) in [6.45, 7) is 7.45. The Morgan fingerprint density at radius 3 is 2.95 bits per heavy atom. The van der Waals surface area contributed by atoms with Gasteiger partial charge in [0, 0.05) is 23.6 Å². The molecule has 22 heavy (non-hydrogen) atoms. The highest BCUT2D eigenvalue weighted by atomic mass is 127. The highest BCUT2D eigenvalue weighted by Gasteiger charge is 2.59. The van der Waals surface area contributed by atoms with Crippen LogP contribution in [-0.4, -0.2) is 24.7 Å². The molecule has 1 aliphatic heterocycles. The van der Waals surface area contributed by atoms with E-state index in [1.54, 1.807) is 0 Å². The number of anilines is 1. The zero-order valence-electron chi connectivity index (χ0n) is 13.5. The van der Waals surface area contributed by atoms with Crippen molar-refractivity contribution in [3.8, 4) is 0 Å². The van der Waals surface area contributed by atoms with Crippen molar-refractivity contribution in [3.63, 3.8) is 0 Å². The molecule has 1 aliphatic carbocycles. The average Bonchev–Trinajstić information content (AvgIpc) is 2.92. The first-order chi connectivity index (χ1) is 10.0. The van der Waals surface area contributed by atoms with Gasteiger partial charge in [-0.25, -0.2) is 4.99 Å². The molecule has 1 aromatic rings. The molecule has 0 spiro atoms. The van der Waals surface area contributed by atoms with Crippen LogP contribution in [0.25, 0.3) is 0 Å². The number of nitrogens with two attached hydrogens (primary N) is 1. The summed E-state index contributed by atoms with van der Waals surface area (Å²) >= 11 is 0. The van der Waals surface area contributed by atoms with Gasteiger partial charge < -0.3 is 15.8 Å². The molecule has 0 amide bonds. The minimum absolute atomic E-state index is 0. The Hall–Kier alpha value is -0.820. The summed E-state index contributed by atoms with van der Waals surface area (Å²) in [6, 6.07) is 8.56. The predicted octanol–water partition coefficient (Wildman–Crippen LogP) is 3.41. The number of nitrogens with zero attached hydrogens (tertiary/aromatic N) is 1. The second-order valence-corrected chi connectivity index (χ2v) is 6.70. The second-order valence-electron chi connectivity index (χ2n) is 6.70. The van der Waals surface area contributed by atoms with Gasteiger partial charge in [0.15, 0.2) is 5.96 Å². The highest BCUT2D eigenvalue weighted by Crippen LogP contribution is 2.53. The van der Waals surface area contributed by atoms with Gasteiger partial charge in [-0.1, -0.05) is 32.9 Å². The summed E-state index contributed by atoms with van der Waals surface area (Å²) in [5.74, 6) is 1.04. The van der Waals surface area contributed by atoms with Crippen molar-refractivity contribution in [2.24, 2.45) is 22.1 Å². The lowest BCUT2D eigenvalue weighted by molar-refractivity contribution is -0.0985. The standard InChI is InChI=1S/C17H25N3O.HI/c1-4-11-6-5-7-12(10-11)19-16(18)20-14-13-8-9-21-15(13)17(14,2)3;/h5-7,10,13-15H,4,8-9H2,1-3H3,(H3,18,19,20);1H. The lowest BCUT2D eigenvalue weighted by atomic mass is 9.57. The van der Waals surface area contributed by atoms with Gasteiger partial charge >= 0.3 is 0 Å². The zero-order chi connectivity index (χ0) is 15.0. The van der Waals surface area contributed by atoms with Crippen LogP contribution in [0.15, 0.2) is 29.3 Å².